The highest BCUT2D eigenvalue weighted by molar-refractivity contribution is 6.04. The van der Waals surface area contributed by atoms with Crippen LogP contribution in [0.15, 0.2) is 30.6 Å². The van der Waals surface area contributed by atoms with E-state index in [1.54, 1.807) is 31.4 Å². The summed E-state index contributed by atoms with van der Waals surface area (Å²) >= 11 is 0. The first-order valence-corrected chi connectivity index (χ1v) is 8.39. The minimum Gasteiger partial charge on any atom is -0.493 e. The number of rotatable bonds is 5. The summed E-state index contributed by atoms with van der Waals surface area (Å²) in [5.41, 5.74) is 0.461. The summed E-state index contributed by atoms with van der Waals surface area (Å²) in [5.74, 6) is 2.09. The van der Waals surface area contributed by atoms with Crippen LogP contribution in [-0.4, -0.2) is 68.2 Å². The van der Waals surface area contributed by atoms with Crippen LogP contribution in [0, 0.1) is 0 Å². The Balaban J connectivity index is 1.72. The van der Waals surface area contributed by atoms with Gasteiger partial charge in [0.2, 0.25) is 0 Å². The number of carbonyl (C=O) groups excluding carboxylic acids is 1. The van der Waals surface area contributed by atoms with Crippen LogP contribution in [-0.2, 0) is 0 Å². The van der Waals surface area contributed by atoms with Crippen molar-refractivity contribution < 1.29 is 14.3 Å². The molecule has 138 valence electrons. The van der Waals surface area contributed by atoms with Gasteiger partial charge in [0.05, 0.1) is 14.2 Å². The molecule has 0 saturated carbocycles. The van der Waals surface area contributed by atoms with E-state index in [2.05, 4.69) is 32.1 Å². The van der Waals surface area contributed by atoms with E-state index in [1.807, 2.05) is 0 Å². The Morgan fingerprint density at radius 3 is 2.46 bits per heavy atom. The second-order valence-electron chi connectivity index (χ2n) is 6.08. The third-order valence-corrected chi connectivity index (χ3v) is 4.37. The zero-order valence-electron chi connectivity index (χ0n) is 15.2. The maximum atomic E-state index is 12.5. The minimum atomic E-state index is -0.269. The summed E-state index contributed by atoms with van der Waals surface area (Å²) < 4.78 is 10.4. The third kappa shape index (κ3) is 4.02. The van der Waals surface area contributed by atoms with Crippen LogP contribution in [0.1, 0.15) is 10.4 Å². The normalized spacial score (nSPS) is 14.8. The summed E-state index contributed by atoms with van der Waals surface area (Å²) in [6, 6.07) is 6.81. The fourth-order valence-electron chi connectivity index (χ4n) is 2.79. The standard InChI is InChI=1S/C18H23N5O3/c1-22-6-8-23(9-7-22)17-11-16(19-12-20-17)21-18(24)13-4-5-14(25-2)15(10-13)26-3/h4-5,10-12H,6-9H2,1-3H3,(H,19,20,21,24). The Bertz CT molecular complexity index is 775. The number of methoxy groups -OCH3 is 2. The molecule has 1 N–H and O–H groups in total. The molecule has 0 unspecified atom stereocenters. The number of nitrogens with zero attached hydrogens (tertiary/aromatic N) is 4. The maximum Gasteiger partial charge on any atom is 0.256 e. The number of ether oxygens (including phenoxy) is 2. The summed E-state index contributed by atoms with van der Waals surface area (Å²) in [6.07, 6.45) is 1.47. The SMILES string of the molecule is COc1ccc(C(=O)Nc2cc(N3CCN(C)CC3)ncn2)cc1OC. The van der Waals surface area contributed by atoms with E-state index in [0.717, 1.165) is 32.0 Å². The number of aromatic nitrogens is 2. The zero-order chi connectivity index (χ0) is 18.5. The van der Waals surface area contributed by atoms with Crippen molar-refractivity contribution in [2.24, 2.45) is 0 Å². The molecule has 8 nitrogen and oxygen atoms in total. The lowest BCUT2D eigenvalue weighted by Gasteiger charge is -2.33. The van der Waals surface area contributed by atoms with Gasteiger partial charge in [-0.05, 0) is 25.2 Å². The Labute approximate surface area is 152 Å². The van der Waals surface area contributed by atoms with Crippen LogP contribution < -0.4 is 19.7 Å². The van der Waals surface area contributed by atoms with Gasteiger partial charge in [-0.25, -0.2) is 9.97 Å². The zero-order valence-corrected chi connectivity index (χ0v) is 15.2. The van der Waals surface area contributed by atoms with Crippen molar-refractivity contribution in [2.75, 3.05) is 57.7 Å². The first-order chi connectivity index (χ1) is 12.6. The van der Waals surface area contributed by atoms with E-state index in [1.165, 1.54) is 13.4 Å². The van der Waals surface area contributed by atoms with Crippen LogP contribution in [0.25, 0.3) is 0 Å². The van der Waals surface area contributed by atoms with Gasteiger partial charge in [-0.2, -0.15) is 0 Å². The first kappa shape index (κ1) is 17.9. The average molecular weight is 357 g/mol. The van der Waals surface area contributed by atoms with Crippen LogP contribution in [0.4, 0.5) is 11.6 Å². The number of nitrogens with one attached hydrogen (secondary N) is 1. The van der Waals surface area contributed by atoms with Crippen LogP contribution in [0.5, 0.6) is 11.5 Å². The van der Waals surface area contributed by atoms with Gasteiger partial charge in [0.1, 0.15) is 18.0 Å². The topological polar surface area (TPSA) is 79.8 Å². The van der Waals surface area contributed by atoms with Gasteiger partial charge in [-0.15, -0.1) is 0 Å². The van der Waals surface area contributed by atoms with Gasteiger partial charge in [0.25, 0.3) is 5.91 Å². The van der Waals surface area contributed by atoms with Crippen molar-refractivity contribution in [1.29, 1.82) is 0 Å². The first-order valence-electron chi connectivity index (χ1n) is 8.39. The Hall–Kier alpha value is -2.87. The molecule has 1 aliphatic rings. The summed E-state index contributed by atoms with van der Waals surface area (Å²) in [4.78, 5) is 25.5. The van der Waals surface area contributed by atoms with Gasteiger partial charge in [0, 0.05) is 37.8 Å². The van der Waals surface area contributed by atoms with Gasteiger partial charge in [0.15, 0.2) is 11.5 Å². The van der Waals surface area contributed by atoms with Crippen molar-refractivity contribution >= 4 is 17.5 Å². The van der Waals surface area contributed by atoms with Crippen molar-refractivity contribution in [3.8, 4) is 11.5 Å². The van der Waals surface area contributed by atoms with E-state index in [-0.39, 0.29) is 5.91 Å². The molecule has 1 aromatic heterocycles. The highest BCUT2D eigenvalue weighted by atomic mass is 16.5. The number of carbonyl (C=O) groups is 1. The average Bonchev–Trinajstić information content (AvgIpc) is 2.68. The fraction of sp³-hybridized carbons (Fsp3) is 0.389. The fourth-order valence-corrected chi connectivity index (χ4v) is 2.79. The molecule has 0 radical (unpaired) electrons. The molecular formula is C18H23N5O3. The number of piperazine rings is 1. The van der Waals surface area contributed by atoms with Crippen LogP contribution >= 0.6 is 0 Å². The Kier molecular flexibility index (Phi) is 5.52. The number of likely N-dealkylation sites (N-methyl/N-ethyl adjacent to an activating group) is 1. The third-order valence-electron chi connectivity index (χ3n) is 4.37. The largest absolute Gasteiger partial charge is 0.493 e. The lowest BCUT2D eigenvalue weighted by molar-refractivity contribution is 0.102. The Morgan fingerprint density at radius 1 is 1.04 bits per heavy atom. The van der Waals surface area contributed by atoms with Gasteiger partial charge >= 0.3 is 0 Å². The van der Waals surface area contributed by atoms with Crippen molar-refractivity contribution in [2.45, 2.75) is 0 Å². The summed E-state index contributed by atoms with van der Waals surface area (Å²) in [7, 11) is 5.19. The highest BCUT2D eigenvalue weighted by Gasteiger charge is 2.17. The lowest BCUT2D eigenvalue weighted by atomic mass is 10.2. The predicted octanol–water partition coefficient (Wildman–Crippen LogP) is 1.50. The Morgan fingerprint density at radius 2 is 1.77 bits per heavy atom. The number of hydrogen-bond acceptors (Lipinski definition) is 7. The molecule has 1 fully saturated rings. The second-order valence-corrected chi connectivity index (χ2v) is 6.08. The van der Waals surface area contributed by atoms with E-state index in [4.69, 9.17) is 9.47 Å². The molecule has 0 spiro atoms. The molecule has 3 rings (SSSR count). The molecule has 1 aliphatic heterocycles. The summed E-state index contributed by atoms with van der Waals surface area (Å²) in [5, 5.41) is 2.81. The number of hydrogen-bond donors (Lipinski definition) is 1. The van der Waals surface area contributed by atoms with Crippen molar-refractivity contribution in [1.82, 2.24) is 14.9 Å². The summed E-state index contributed by atoms with van der Waals surface area (Å²) in [6.45, 7) is 3.77. The molecule has 1 aromatic carbocycles. The molecule has 0 bridgehead atoms. The monoisotopic (exact) mass is 357 g/mol. The van der Waals surface area contributed by atoms with E-state index in [0.29, 0.717) is 22.9 Å². The van der Waals surface area contributed by atoms with Gasteiger partial charge in [-0.3, -0.25) is 4.79 Å². The van der Waals surface area contributed by atoms with Crippen LogP contribution in [0.2, 0.25) is 0 Å². The number of amides is 1. The molecular weight excluding hydrogens is 334 g/mol. The number of anilines is 2. The molecule has 26 heavy (non-hydrogen) atoms. The maximum absolute atomic E-state index is 12.5. The quantitative estimate of drug-likeness (QED) is 0.868. The molecule has 2 aromatic rings. The van der Waals surface area contributed by atoms with Crippen molar-refractivity contribution in [3.63, 3.8) is 0 Å². The van der Waals surface area contributed by atoms with Gasteiger partial charge in [-0.1, -0.05) is 0 Å². The molecule has 2 heterocycles. The highest BCUT2D eigenvalue weighted by Crippen LogP contribution is 2.28. The molecule has 1 amide bonds. The predicted molar refractivity (Wildman–Crippen MR) is 99.2 cm³/mol. The van der Waals surface area contributed by atoms with Crippen molar-refractivity contribution in [3.05, 3.63) is 36.2 Å². The van der Waals surface area contributed by atoms with E-state index >= 15 is 0 Å². The molecule has 8 heteroatoms. The molecule has 0 atom stereocenters. The smallest absolute Gasteiger partial charge is 0.256 e. The van der Waals surface area contributed by atoms with E-state index in [9.17, 15) is 4.79 Å². The second kappa shape index (κ2) is 8.01. The lowest BCUT2D eigenvalue weighted by Crippen LogP contribution is -2.44. The molecule has 1 saturated heterocycles. The minimum absolute atomic E-state index is 0.269. The van der Waals surface area contributed by atoms with E-state index < -0.39 is 0 Å². The number of benzene rings is 1. The molecule has 0 aliphatic carbocycles. The van der Waals surface area contributed by atoms with Gasteiger partial charge < -0.3 is 24.6 Å². The van der Waals surface area contributed by atoms with Crippen LogP contribution in [0.3, 0.4) is 0 Å².